The van der Waals surface area contributed by atoms with Gasteiger partial charge in [-0.25, -0.2) is 0 Å². The molecule has 20 heavy (non-hydrogen) atoms. The first-order valence-corrected chi connectivity index (χ1v) is 8.77. The Hall–Kier alpha value is 0.310. The van der Waals surface area contributed by atoms with Crippen molar-refractivity contribution in [3.8, 4) is 0 Å². The summed E-state index contributed by atoms with van der Waals surface area (Å²) in [6.07, 6.45) is 2.16. The lowest BCUT2D eigenvalue weighted by atomic mass is 9.86. The molecule has 0 bridgehead atoms. The van der Waals surface area contributed by atoms with Gasteiger partial charge in [0.1, 0.15) is 0 Å². The van der Waals surface area contributed by atoms with E-state index in [0.717, 1.165) is 12.8 Å². The fraction of sp³-hybridized carbons (Fsp3) is 1.00. The van der Waals surface area contributed by atoms with Crippen molar-refractivity contribution in [1.29, 1.82) is 0 Å². The van der Waals surface area contributed by atoms with Crippen molar-refractivity contribution < 1.29 is 13.9 Å². The van der Waals surface area contributed by atoms with E-state index >= 15 is 0 Å². The minimum atomic E-state index is -1.73. The molecule has 4 heteroatoms. The summed E-state index contributed by atoms with van der Waals surface area (Å²) in [6, 6.07) is 0. The molecule has 3 nitrogen and oxygen atoms in total. The van der Waals surface area contributed by atoms with E-state index in [4.69, 9.17) is 9.05 Å². The Morgan fingerprint density at radius 1 is 0.800 bits per heavy atom. The first-order chi connectivity index (χ1) is 8.89. The molecule has 1 N–H and O–H groups in total. The molecular formula is C16H35O3P. The first kappa shape index (κ1) is 20.3. The molecule has 0 aliphatic heterocycles. The zero-order valence-electron chi connectivity index (χ0n) is 14.7. The van der Waals surface area contributed by atoms with E-state index in [1.807, 2.05) is 0 Å². The third kappa shape index (κ3) is 13.3. The topological polar surface area (TPSA) is 38.7 Å². The van der Waals surface area contributed by atoms with Crippen molar-refractivity contribution in [1.82, 2.24) is 0 Å². The van der Waals surface area contributed by atoms with E-state index in [2.05, 4.69) is 55.4 Å². The summed E-state index contributed by atoms with van der Waals surface area (Å²) in [7, 11) is -1.73. The van der Waals surface area contributed by atoms with Crippen LogP contribution in [0, 0.1) is 22.7 Å². The summed E-state index contributed by atoms with van der Waals surface area (Å²) in [4.78, 5) is 9.76. The minimum Gasteiger partial charge on any atom is -0.328 e. The molecule has 2 atom stereocenters. The van der Waals surface area contributed by atoms with Gasteiger partial charge in [-0.3, -0.25) is 0 Å². The fourth-order valence-corrected chi connectivity index (χ4v) is 3.47. The van der Waals surface area contributed by atoms with Crippen LogP contribution in [-0.4, -0.2) is 18.1 Å². The van der Waals surface area contributed by atoms with Crippen LogP contribution < -0.4 is 0 Å². The van der Waals surface area contributed by atoms with Crippen LogP contribution in [0.25, 0.3) is 0 Å². The quantitative estimate of drug-likeness (QED) is 0.612. The van der Waals surface area contributed by atoms with Gasteiger partial charge in [-0.1, -0.05) is 55.4 Å². The Bertz CT molecular complexity index is 229. The van der Waals surface area contributed by atoms with Crippen LogP contribution in [0.1, 0.15) is 68.2 Å². The summed E-state index contributed by atoms with van der Waals surface area (Å²) in [5, 5.41) is 0. The van der Waals surface area contributed by atoms with Crippen LogP contribution in [-0.2, 0) is 9.05 Å². The highest BCUT2D eigenvalue weighted by Gasteiger charge is 2.19. The van der Waals surface area contributed by atoms with Gasteiger partial charge in [-0.2, -0.15) is 0 Å². The molecule has 122 valence electrons. The van der Waals surface area contributed by atoms with Crippen molar-refractivity contribution in [3.63, 3.8) is 0 Å². The summed E-state index contributed by atoms with van der Waals surface area (Å²) in [6.45, 7) is 18.7. The second kappa shape index (κ2) is 8.68. The van der Waals surface area contributed by atoms with Gasteiger partial charge in [0.05, 0.1) is 13.2 Å². The normalized spacial score (nSPS) is 17.9. The van der Waals surface area contributed by atoms with Crippen LogP contribution in [0.4, 0.5) is 0 Å². The monoisotopic (exact) mass is 306 g/mol. The predicted molar refractivity (Wildman–Crippen MR) is 87.5 cm³/mol. The lowest BCUT2D eigenvalue weighted by Crippen LogP contribution is -2.16. The van der Waals surface area contributed by atoms with Crippen molar-refractivity contribution >= 4 is 8.60 Å². The molecule has 0 amide bonds. The van der Waals surface area contributed by atoms with Gasteiger partial charge in [0.25, 0.3) is 0 Å². The van der Waals surface area contributed by atoms with Crippen molar-refractivity contribution in [3.05, 3.63) is 0 Å². The maximum absolute atomic E-state index is 9.76. The Labute approximate surface area is 127 Å². The van der Waals surface area contributed by atoms with E-state index < -0.39 is 8.60 Å². The zero-order valence-corrected chi connectivity index (χ0v) is 15.6. The molecule has 0 fully saturated rings. The Balaban J connectivity index is 3.81. The van der Waals surface area contributed by atoms with Gasteiger partial charge >= 0.3 is 8.60 Å². The van der Waals surface area contributed by atoms with Gasteiger partial charge in [-0.15, -0.1) is 0 Å². The lowest BCUT2D eigenvalue weighted by molar-refractivity contribution is 0.138. The lowest BCUT2D eigenvalue weighted by Gasteiger charge is -2.25. The van der Waals surface area contributed by atoms with Crippen LogP contribution in [0.3, 0.4) is 0 Å². The van der Waals surface area contributed by atoms with E-state index in [1.165, 1.54) is 0 Å². The van der Waals surface area contributed by atoms with Crippen LogP contribution in [0.2, 0.25) is 0 Å². The molecule has 0 aromatic carbocycles. The van der Waals surface area contributed by atoms with Gasteiger partial charge in [0.15, 0.2) is 0 Å². The van der Waals surface area contributed by atoms with E-state index in [0.29, 0.717) is 35.9 Å². The smallest absolute Gasteiger partial charge is 0.328 e. The summed E-state index contributed by atoms with van der Waals surface area (Å²) in [5.74, 6) is 0.866. The molecule has 2 unspecified atom stereocenters. The van der Waals surface area contributed by atoms with E-state index in [-0.39, 0.29) is 0 Å². The molecule has 0 radical (unpaired) electrons. The van der Waals surface area contributed by atoms with E-state index in [1.54, 1.807) is 0 Å². The van der Waals surface area contributed by atoms with Crippen molar-refractivity contribution in [2.75, 3.05) is 13.2 Å². The Morgan fingerprint density at radius 3 is 1.35 bits per heavy atom. The molecule has 0 heterocycles. The zero-order chi connectivity index (χ0) is 16.0. The second-order valence-corrected chi connectivity index (χ2v) is 9.56. The standard InChI is InChI=1S/C16H35O3P/c1-13(9-15(3,4)5)11-18-20(17)19-12-14(2)10-16(6,7)8/h13-14,17H,9-12H2,1-8H3. The highest BCUT2D eigenvalue weighted by Crippen LogP contribution is 2.36. The predicted octanol–water partition coefficient (Wildman–Crippen LogP) is 5.38. The van der Waals surface area contributed by atoms with Gasteiger partial charge in [0, 0.05) is 0 Å². The molecule has 0 aromatic rings. The number of rotatable bonds is 8. The Kier molecular flexibility index (Phi) is 8.81. The number of hydrogen-bond acceptors (Lipinski definition) is 3. The molecule has 0 saturated heterocycles. The number of hydrogen-bond donors (Lipinski definition) is 1. The maximum atomic E-state index is 9.76. The average Bonchev–Trinajstić information content (AvgIpc) is 2.18. The van der Waals surface area contributed by atoms with Crippen LogP contribution in [0.5, 0.6) is 0 Å². The summed E-state index contributed by atoms with van der Waals surface area (Å²) >= 11 is 0. The first-order valence-electron chi connectivity index (χ1n) is 7.64. The van der Waals surface area contributed by atoms with E-state index in [9.17, 15) is 4.89 Å². The molecule has 0 aliphatic rings. The second-order valence-electron chi connectivity index (χ2n) is 8.57. The molecule has 0 aliphatic carbocycles. The summed E-state index contributed by atoms with van der Waals surface area (Å²) in [5.41, 5.74) is 0.589. The van der Waals surface area contributed by atoms with Crippen LogP contribution in [0.15, 0.2) is 0 Å². The van der Waals surface area contributed by atoms with Gasteiger partial charge in [0.2, 0.25) is 0 Å². The Morgan fingerprint density at radius 2 is 1.10 bits per heavy atom. The third-order valence-corrected chi connectivity index (χ3v) is 3.60. The van der Waals surface area contributed by atoms with Crippen molar-refractivity contribution in [2.45, 2.75) is 68.2 Å². The largest absolute Gasteiger partial charge is 0.329 e. The SMILES string of the molecule is CC(COP(O)OCC(C)CC(C)(C)C)CC(C)(C)C. The summed E-state index contributed by atoms with van der Waals surface area (Å²) < 4.78 is 10.9. The van der Waals surface area contributed by atoms with Gasteiger partial charge < -0.3 is 13.9 Å². The molecular weight excluding hydrogens is 271 g/mol. The van der Waals surface area contributed by atoms with Gasteiger partial charge in [-0.05, 0) is 35.5 Å². The fourth-order valence-electron chi connectivity index (χ4n) is 2.63. The average molecular weight is 306 g/mol. The molecule has 0 spiro atoms. The molecule has 0 saturated carbocycles. The molecule has 0 aromatic heterocycles. The molecule has 0 rings (SSSR count). The third-order valence-electron chi connectivity index (χ3n) is 2.86. The highest BCUT2D eigenvalue weighted by atomic mass is 31.2. The maximum Gasteiger partial charge on any atom is 0.329 e. The highest BCUT2D eigenvalue weighted by molar-refractivity contribution is 7.40. The minimum absolute atomic E-state index is 0.295. The van der Waals surface area contributed by atoms with Crippen molar-refractivity contribution in [2.24, 2.45) is 22.7 Å². The van der Waals surface area contributed by atoms with Crippen LogP contribution >= 0.6 is 8.60 Å².